The first kappa shape index (κ1) is 16.3. The Kier molecular flexibility index (Phi) is 4.19. The van der Waals surface area contributed by atoms with Gasteiger partial charge in [-0.3, -0.25) is 4.90 Å². The van der Waals surface area contributed by atoms with E-state index in [1.54, 1.807) is 6.33 Å². The van der Waals surface area contributed by atoms with Gasteiger partial charge in [0.1, 0.15) is 6.33 Å². The molecule has 2 aliphatic rings. The summed E-state index contributed by atoms with van der Waals surface area (Å²) in [6, 6.07) is 7.03. The standard InChI is InChI=1S/C20H22N4OS/c25-17-2-1-5-24(11-17)16-6-14(7-16)20-23-18-4-3-13(8-19(18)26-20)15-9-21-12-22-10-15/h3-4,8-10,12,14,16-17,25H,1-2,5-7,11H2/t14?,16?,17-/m1/s1. The largest absolute Gasteiger partial charge is 0.392 e. The second kappa shape index (κ2) is 6.68. The van der Waals surface area contributed by atoms with E-state index in [1.807, 2.05) is 23.7 Å². The summed E-state index contributed by atoms with van der Waals surface area (Å²) < 4.78 is 1.23. The second-order valence-electron chi connectivity index (χ2n) is 7.47. The molecule has 1 saturated heterocycles. The average Bonchev–Trinajstić information content (AvgIpc) is 3.04. The molecule has 0 radical (unpaired) electrons. The summed E-state index contributed by atoms with van der Waals surface area (Å²) in [5.74, 6) is 0.569. The Bertz CT molecular complexity index is 907. The highest BCUT2D eigenvalue weighted by Crippen LogP contribution is 2.43. The molecule has 2 fully saturated rings. The van der Waals surface area contributed by atoms with Crippen molar-refractivity contribution in [3.8, 4) is 11.1 Å². The molecule has 2 aromatic heterocycles. The van der Waals surface area contributed by atoms with Gasteiger partial charge in [0.2, 0.25) is 0 Å². The molecule has 26 heavy (non-hydrogen) atoms. The van der Waals surface area contributed by atoms with Gasteiger partial charge in [0, 0.05) is 36.5 Å². The van der Waals surface area contributed by atoms with Crippen molar-refractivity contribution in [2.75, 3.05) is 13.1 Å². The van der Waals surface area contributed by atoms with Crippen molar-refractivity contribution >= 4 is 21.6 Å². The summed E-state index contributed by atoms with van der Waals surface area (Å²) in [5.41, 5.74) is 3.27. The van der Waals surface area contributed by atoms with Crippen LogP contribution < -0.4 is 0 Å². The van der Waals surface area contributed by atoms with Crippen LogP contribution in [0.1, 0.15) is 36.6 Å². The van der Waals surface area contributed by atoms with Gasteiger partial charge in [-0.25, -0.2) is 15.0 Å². The predicted octanol–water partition coefficient (Wildman–Crippen LogP) is 3.46. The molecule has 0 amide bonds. The molecule has 0 spiro atoms. The molecule has 5 nitrogen and oxygen atoms in total. The highest BCUT2D eigenvalue weighted by Gasteiger charge is 2.37. The molecule has 1 aliphatic heterocycles. The predicted molar refractivity (Wildman–Crippen MR) is 103 cm³/mol. The van der Waals surface area contributed by atoms with Gasteiger partial charge in [0.25, 0.3) is 0 Å². The van der Waals surface area contributed by atoms with Crippen LogP contribution in [0.15, 0.2) is 36.9 Å². The van der Waals surface area contributed by atoms with Crippen LogP contribution in [0.3, 0.4) is 0 Å². The SMILES string of the molecule is O[C@@H]1CCCN(C2CC(c3nc4ccc(-c5cncnc5)cc4s3)C2)C1. The van der Waals surface area contributed by atoms with Crippen molar-refractivity contribution in [2.45, 2.75) is 43.7 Å². The van der Waals surface area contributed by atoms with Gasteiger partial charge in [-0.1, -0.05) is 6.07 Å². The Hall–Kier alpha value is -1.89. The van der Waals surface area contributed by atoms with Gasteiger partial charge in [-0.15, -0.1) is 11.3 Å². The van der Waals surface area contributed by atoms with E-state index in [-0.39, 0.29) is 6.10 Å². The topological polar surface area (TPSA) is 62.1 Å². The molecular weight excluding hydrogens is 344 g/mol. The van der Waals surface area contributed by atoms with E-state index in [0.717, 1.165) is 42.6 Å². The zero-order chi connectivity index (χ0) is 17.5. The number of likely N-dealkylation sites (tertiary alicyclic amines) is 1. The zero-order valence-corrected chi connectivity index (χ0v) is 15.4. The number of rotatable bonds is 3. The van der Waals surface area contributed by atoms with E-state index in [0.29, 0.717) is 12.0 Å². The molecular formula is C20H22N4OS. The van der Waals surface area contributed by atoms with Crippen molar-refractivity contribution in [2.24, 2.45) is 0 Å². The van der Waals surface area contributed by atoms with E-state index in [2.05, 4.69) is 33.1 Å². The molecule has 0 unspecified atom stereocenters. The summed E-state index contributed by atoms with van der Waals surface area (Å²) in [4.78, 5) is 15.6. The molecule has 6 heteroatoms. The molecule has 134 valence electrons. The summed E-state index contributed by atoms with van der Waals surface area (Å²) in [6.45, 7) is 1.98. The lowest BCUT2D eigenvalue weighted by Crippen LogP contribution is -2.49. The number of nitrogens with zero attached hydrogens (tertiary/aromatic N) is 4. The van der Waals surface area contributed by atoms with Crippen LogP contribution >= 0.6 is 11.3 Å². The first-order chi connectivity index (χ1) is 12.8. The van der Waals surface area contributed by atoms with E-state index in [9.17, 15) is 5.11 Å². The maximum absolute atomic E-state index is 9.89. The first-order valence-electron chi connectivity index (χ1n) is 9.34. The molecule has 1 atom stereocenters. The molecule has 1 saturated carbocycles. The highest BCUT2D eigenvalue weighted by molar-refractivity contribution is 7.18. The van der Waals surface area contributed by atoms with Crippen LogP contribution in [0.5, 0.6) is 0 Å². The lowest BCUT2D eigenvalue weighted by molar-refractivity contribution is 0.0171. The normalized spacial score (nSPS) is 26.7. The van der Waals surface area contributed by atoms with Crippen molar-refractivity contribution in [1.82, 2.24) is 19.9 Å². The summed E-state index contributed by atoms with van der Waals surface area (Å²) in [6.07, 6.45) is 9.54. The van der Waals surface area contributed by atoms with E-state index >= 15 is 0 Å². The Balaban J connectivity index is 1.31. The fourth-order valence-corrected chi connectivity index (χ4v) is 5.28. The van der Waals surface area contributed by atoms with Crippen LogP contribution in [0, 0.1) is 0 Å². The molecule has 1 N–H and O–H groups in total. The number of fused-ring (bicyclic) bond motifs is 1. The lowest BCUT2D eigenvalue weighted by atomic mass is 9.79. The molecule has 5 rings (SSSR count). The smallest absolute Gasteiger partial charge is 0.115 e. The molecule has 0 bridgehead atoms. The van der Waals surface area contributed by atoms with Crippen LogP contribution in [-0.4, -0.2) is 50.2 Å². The van der Waals surface area contributed by atoms with Crippen LogP contribution in [0.4, 0.5) is 0 Å². The molecule has 3 aromatic rings. The number of aromatic nitrogens is 3. The maximum atomic E-state index is 9.89. The van der Waals surface area contributed by atoms with E-state index in [1.165, 1.54) is 22.5 Å². The third-order valence-electron chi connectivity index (χ3n) is 5.71. The fourth-order valence-electron chi connectivity index (χ4n) is 4.15. The van der Waals surface area contributed by atoms with Gasteiger partial charge in [0.15, 0.2) is 0 Å². The lowest BCUT2D eigenvalue weighted by Gasteiger charge is -2.44. The van der Waals surface area contributed by atoms with Gasteiger partial charge in [-0.2, -0.15) is 0 Å². The molecule has 1 aliphatic carbocycles. The van der Waals surface area contributed by atoms with Gasteiger partial charge in [-0.05, 0) is 49.9 Å². The number of aliphatic hydroxyl groups excluding tert-OH is 1. The summed E-state index contributed by atoms with van der Waals surface area (Å²) >= 11 is 1.82. The van der Waals surface area contributed by atoms with Crippen molar-refractivity contribution in [3.63, 3.8) is 0 Å². The van der Waals surface area contributed by atoms with Gasteiger partial charge in [0.05, 0.1) is 21.3 Å². The van der Waals surface area contributed by atoms with Gasteiger partial charge >= 0.3 is 0 Å². The minimum absolute atomic E-state index is 0.134. The summed E-state index contributed by atoms with van der Waals surface area (Å²) in [7, 11) is 0. The summed E-state index contributed by atoms with van der Waals surface area (Å²) in [5, 5.41) is 11.1. The Labute approximate surface area is 156 Å². The number of β-amino-alcohol motifs (C(OH)–C–C–N with tert-alkyl or cyclic N) is 1. The number of thiazole rings is 1. The Morgan fingerprint density at radius 2 is 1.96 bits per heavy atom. The van der Waals surface area contributed by atoms with E-state index < -0.39 is 0 Å². The highest BCUT2D eigenvalue weighted by atomic mass is 32.1. The van der Waals surface area contributed by atoms with Crippen molar-refractivity contribution in [3.05, 3.63) is 41.9 Å². The third kappa shape index (κ3) is 3.02. The van der Waals surface area contributed by atoms with Crippen molar-refractivity contribution < 1.29 is 5.11 Å². The van der Waals surface area contributed by atoms with E-state index in [4.69, 9.17) is 4.98 Å². The van der Waals surface area contributed by atoms with Crippen molar-refractivity contribution in [1.29, 1.82) is 0 Å². The zero-order valence-electron chi connectivity index (χ0n) is 14.6. The number of aliphatic hydroxyl groups is 1. The Morgan fingerprint density at radius 3 is 2.77 bits per heavy atom. The quantitative estimate of drug-likeness (QED) is 0.769. The van der Waals surface area contributed by atoms with Crippen LogP contribution in [0.25, 0.3) is 21.3 Å². The molecule has 3 heterocycles. The monoisotopic (exact) mass is 366 g/mol. The molecule has 1 aromatic carbocycles. The minimum atomic E-state index is -0.134. The van der Waals surface area contributed by atoms with Gasteiger partial charge < -0.3 is 5.11 Å². The fraction of sp³-hybridized carbons (Fsp3) is 0.450. The number of benzene rings is 1. The number of hydrogen-bond acceptors (Lipinski definition) is 6. The van der Waals surface area contributed by atoms with Crippen LogP contribution in [-0.2, 0) is 0 Å². The number of hydrogen-bond donors (Lipinski definition) is 1. The maximum Gasteiger partial charge on any atom is 0.115 e. The Morgan fingerprint density at radius 1 is 1.12 bits per heavy atom. The minimum Gasteiger partial charge on any atom is -0.392 e. The third-order valence-corrected chi connectivity index (χ3v) is 6.89. The van der Waals surface area contributed by atoms with Crippen LogP contribution in [0.2, 0.25) is 0 Å². The first-order valence-corrected chi connectivity index (χ1v) is 10.2. The average molecular weight is 366 g/mol. The number of piperidine rings is 1. The second-order valence-corrected chi connectivity index (χ2v) is 8.54.